The van der Waals surface area contributed by atoms with Crippen LogP contribution in [0.15, 0.2) is 18.3 Å². The number of piperidine rings is 3. The molecule has 23 heavy (non-hydrogen) atoms. The number of carbonyl (C=O) groups is 2. The van der Waals surface area contributed by atoms with Gasteiger partial charge in [0.1, 0.15) is 0 Å². The van der Waals surface area contributed by atoms with Crippen molar-refractivity contribution < 1.29 is 9.59 Å². The van der Waals surface area contributed by atoms with Gasteiger partial charge in [0.25, 0.3) is 5.91 Å². The SMILES string of the molecule is Cc1ccc(C(=O)N2C[C@H]3C[C@H](C2)[C@H]2CCCC(=O)N2C3)cn1. The lowest BCUT2D eigenvalue weighted by molar-refractivity contribution is -0.144. The molecule has 122 valence electrons. The molecule has 0 spiro atoms. The summed E-state index contributed by atoms with van der Waals surface area (Å²) in [6.07, 6.45) is 5.63. The zero-order chi connectivity index (χ0) is 16.0. The quantitative estimate of drug-likeness (QED) is 0.795. The van der Waals surface area contributed by atoms with E-state index in [9.17, 15) is 9.59 Å². The van der Waals surface area contributed by atoms with Gasteiger partial charge in [-0.1, -0.05) is 0 Å². The Morgan fingerprint density at radius 1 is 1.26 bits per heavy atom. The zero-order valence-electron chi connectivity index (χ0n) is 13.6. The summed E-state index contributed by atoms with van der Waals surface area (Å²) < 4.78 is 0. The molecule has 0 unspecified atom stereocenters. The lowest BCUT2D eigenvalue weighted by Gasteiger charge is -2.52. The van der Waals surface area contributed by atoms with Crippen molar-refractivity contribution in [2.45, 2.75) is 38.6 Å². The first-order chi connectivity index (χ1) is 11.1. The minimum atomic E-state index is 0.0859. The molecule has 0 N–H and O–H groups in total. The molecule has 0 saturated carbocycles. The van der Waals surface area contributed by atoms with Gasteiger partial charge in [0.15, 0.2) is 0 Å². The molecule has 0 radical (unpaired) electrons. The number of rotatable bonds is 1. The van der Waals surface area contributed by atoms with Crippen LogP contribution in [0.2, 0.25) is 0 Å². The molecule has 3 aliphatic heterocycles. The summed E-state index contributed by atoms with van der Waals surface area (Å²) in [7, 11) is 0. The van der Waals surface area contributed by atoms with Crippen LogP contribution in [0.5, 0.6) is 0 Å². The van der Waals surface area contributed by atoms with Crippen molar-refractivity contribution in [1.82, 2.24) is 14.8 Å². The Balaban J connectivity index is 1.52. The van der Waals surface area contributed by atoms with Crippen molar-refractivity contribution in [2.24, 2.45) is 11.8 Å². The van der Waals surface area contributed by atoms with Crippen molar-refractivity contribution in [3.8, 4) is 0 Å². The van der Waals surface area contributed by atoms with Gasteiger partial charge < -0.3 is 9.80 Å². The predicted octanol–water partition coefficient (Wildman–Crippen LogP) is 1.86. The number of aromatic nitrogens is 1. The van der Waals surface area contributed by atoms with E-state index in [1.165, 1.54) is 0 Å². The molecule has 0 aliphatic carbocycles. The summed E-state index contributed by atoms with van der Waals surface area (Å²) in [6.45, 7) is 4.29. The summed E-state index contributed by atoms with van der Waals surface area (Å²) in [5.41, 5.74) is 1.60. The second kappa shape index (κ2) is 5.62. The van der Waals surface area contributed by atoms with Gasteiger partial charge in [-0.2, -0.15) is 0 Å². The monoisotopic (exact) mass is 313 g/mol. The van der Waals surface area contributed by atoms with Crippen LogP contribution in [-0.4, -0.2) is 52.3 Å². The summed E-state index contributed by atoms with van der Waals surface area (Å²) in [6, 6.07) is 4.10. The molecule has 3 fully saturated rings. The average molecular weight is 313 g/mol. The Labute approximate surface area is 136 Å². The first-order valence-corrected chi connectivity index (χ1v) is 8.63. The minimum absolute atomic E-state index is 0.0859. The van der Waals surface area contributed by atoms with Crippen LogP contribution in [0.1, 0.15) is 41.7 Å². The molecule has 4 heterocycles. The van der Waals surface area contributed by atoms with Gasteiger partial charge in [-0.05, 0) is 50.2 Å². The number of hydrogen-bond acceptors (Lipinski definition) is 3. The molecule has 5 heteroatoms. The van der Waals surface area contributed by atoms with Crippen molar-refractivity contribution >= 4 is 11.8 Å². The van der Waals surface area contributed by atoms with E-state index in [0.717, 1.165) is 44.6 Å². The van der Waals surface area contributed by atoms with E-state index in [-0.39, 0.29) is 5.91 Å². The number of nitrogens with zero attached hydrogens (tertiary/aromatic N) is 3. The highest BCUT2D eigenvalue weighted by atomic mass is 16.2. The lowest BCUT2D eigenvalue weighted by Crippen LogP contribution is -2.61. The maximum Gasteiger partial charge on any atom is 0.255 e. The third kappa shape index (κ3) is 2.62. The fourth-order valence-corrected chi connectivity index (χ4v) is 4.55. The number of hydrogen-bond donors (Lipinski definition) is 0. The normalized spacial score (nSPS) is 30.1. The number of fused-ring (bicyclic) bond motifs is 4. The predicted molar refractivity (Wildman–Crippen MR) is 85.8 cm³/mol. The van der Waals surface area contributed by atoms with E-state index in [1.54, 1.807) is 6.20 Å². The summed E-state index contributed by atoms with van der Waals surface area (Å²) in [5, 5.41) is 0. The molecule has 2 amide bonds. The molecular formula is C18H23N3O2. The van der Waals surface area contributed by atoms with E-state index in [1.807, 2.05) is 24.0 Å². The first-order valence-electron chi connectivity index (χ1n) is 8.63. The second-order valence-corrected chi connectivity index (χ2v) is 7.27. The molecular weight excluding hydrogens is 290 g/mol. The van der Waals surface area contributed by atoms with Crippen LogP contribution in [0, 0.1) is 18.8 Å². The molecule has 1 aromatic rings. The van der Waals surface area contributed by atoms with Crippen molar-refractivity contribution in [3.05, 3.63) is 29.6 Å². The minimum Gasteiger partial charge on any atom is -0.339 e. The van der Waals surface area contributed by atoms with Crippen LogP contribution in [0.3, 0.4) is 0 Å². The van der Waals surface area contributed by atoms with E-state index < -0.39 is 0 Å². The van der Waals surface area contributed by atoms with Crippen molar-refractivity contribution in [1.29, 1.82) is 0 Å². The Morgan fingerprint density at radius 3 is 2.91 bits per heavy atom. The highest BCUT2D eigenvalue weighted by Crippen LogP contribution is 2.38. The van der Waals surface area contributed by atoms with Gasteiger partial charge in [0.2, 0.25) is 5.91 Å². The molecule has 2 bridgehead atoms. The van der Waals surface area contributed by atoms with Crippen LogP contribution < -0.4 is 0 Å². The number of carbonyl (C=O) groups excluding carboxylic acids is 2. The number of amides is 2. The largest absolute Gasteiger partial charge is 0.339 e. The van der Waals surface area contributed by atoms with E-state index in [2.05, 4.69) is 9.88 Å². The molecule has 4 rings (SSSR count). The van der Waals surface area contributed by atoms with Crippen LogP contribution in [-0.2, 0) is 4.79 Å². The Kier molecular flexibility index (Phi) is 3.58. The van der Waals surface area contributed by atoms with Crippen molar-refractivity contribution in [2.75, 3.05) is 19.6 Å². The molecule has 3 aliphatic rings. The molecule has 0 aromatic carbocycles. The Bertz CT molecular complexity index is 628. The Hall–Kier alpha value is -1.91. The maximum atomic E-state index is 12.8. The highest BCUT2D eigenvalue weighted by molar-refractivity contribution is 5.94. The topological polar surface area (TPSA) is 53.5 Å². The van der Waals surface area contributed by atoms with Crippen LogP contribution >= 0.6 is 0 Å². The fraction of sp³-hybridized carbons (Fsp3) is 0.611. The van der Waals surface area contributed by atoms with E-state index in [4.69, 9.17) is 0 Å². The van der Waals surface area contributed by atoms with Gasteiger partial charge in [-0.3, -0.25) is 14.6 Å². The molecule has 3 saturated heterocycles. The van der Waals surface area contributed by atoms with Gasteiger partial charge in [-0.15, -0.1) is 0 Å². The van der Waals surface area contributed by atoms with Crippen LogP contribution in [0.25, 0.3) is 0 Å². The lowest BCUT2D eigenvalue weighted by atomic mass is 9.76. The Morgan fingerprint density at radius 2 is 2.13 bits per heavy atom. The molecule has 3 atom stereocenters. The standard InChI is InChI=1S/C18H23N3O2/c1-12-5-6-14(8-19-12)18(23)20-9-13-7-15(11-20)16-3-2-4-17(22)21(16)10-13/h5-6,8,13,15-16H,2-4,7,9-11H2,1H3/t13-,15-,16-/m1/s1. The van der Waals surface area contributed by atoms with E-state index >= 15 is 0 Å². The van der Waals surface area contributed by atoms with Gasteiger partial charge in [0.05, 0.1) is 5.56 Å². The molecule has 1 aromatic heterocycles. The summed E-state index contributed by atoms with van der Waals surface area (Å²) in [4.78, 5) is 33.3. The number of likely N-dealkylation sites (tertiary alicyclic amines) is 1. The fourth-order valence-electron chi connectivity index (χ4n) is 4.55. The number of pyridine rings is 1. The first kappa shape index (κ1) is 14.7. The van der Waals surface area contributed by atoms with Gasteiger partial charge >= 0.3 is 0 Å². The smallest absolute Gasteiger partial charge is 0.255 e. The summed E-state index contributed by atoms with van der Waals surface area (Å²) >= 11 is 0. The highest BCUT2D eigenvalue weighted by Gasteiger charge is 2.44. The summed E-state index contributed by atoms with van der Waals surface area (Å²) in [5.74, 6) is 1.27. The number of aryl methyl sites for hydroxylation is 1. The average Bonchev–Trinajstić information content (AvgIpc) is 2.56. The zero-order valence-corrected chi connectivity index (χ0v) is 13.6. The molecule has 5 nitrogen and oxygen atoms in total. The third-order valence-corrected chi connectivity index (χ3v) is 5.63. The second-order valence-electron chi connectivity index (χ2n) is 7.27. The van der Waals surface area contributed by atoms with Crippen molar-refractivity contribution in [3.63, 3.8) is 0 Å². The van der Waals surface area contributed by atoms with E-state index in [0.29, 0.717) is 35.8 Å². The van der Waals surface area contributed by atoms with Gasteiger partial charge in [-0.25, -0.2) is 0 Å². The van der Waals surface area contributed by atoms with Crippen LogP contribution in [0.4, 0.5) is 0 Å². The van der Waals surface area contributed by atoms with Gasteiger partial charge in [0, 0.05) is 44.0 Å². The third-order valence-electron chi connectivity index (χ3n) is 5.63. The maximum absolute atomic E-state index is 12.8.